The highest BCUT2D eigenvalue weighted by Crippen LogP contribution is 2.25. The summed E-state index contributed by atoms with van der Waals surface area (Å²) in [6, 6.07) is 13.0. The smallest absolute Gasteiger partial charge is 0.101 e. The molecule has 0 bridgehead atoms. The molecule has 0 fully saturated rings. The lowest BCUT2D eigenvalue weighted by Gasteiger charge is -2.02. The van der Waals surface area contributed by atoms with Gasteiger partial charge in [0.25, 0.3) is 0 Å². The average Bonchev–Trinajstić information content (AvgIpc) is 2.30. The minimum Gasteiger partial charge on any atom is -0.255 e. The quantitative estimate of drug-likeness (QED) is 0.731. The summed E-state index contributed by atoms with van der Waals surface area (Å²) in [5.74, 6) is 0. The molecule has 1 heterocycles. The largest absolute Gasteiger partial charge is 0.255 e. The van der Waals surface area contributed by atoms with Gasteiger partial charge in [-0.1, -0.05) is 29.8 Å². The van der Waals surface area contributed by atoms with Crippen molar-refractivity contribution in [1.82, 2.24) is 4.98 Å². The van der Waals surface area contributed by atoms with Crippen LogP contribution in [0.1, 0.15) is 5.56 Å². The van der Waals surface area contributed by atoms with E-state index in [0.29, 0.717) is 10.6 Å². The Morgan fingerprint density at radius 1 is 1.13 bits per heavy atom. The number of rotatable bonds is 1. The molecule has 0 amide bonds. The summed E-state index contributed by atoms with van der Waals surface area (Å²) in [5.41, 5.74) is 2.20. The molecule has 0 saturated heterocycles. The Balaban J connectivity index is 2.47. The number of hydrogen-bond donors (Lipinski definition) is 0. The monoisotopic (exact) mass is 214 g/mol. The van der Waals surface area contributed by atoms with Crippen molar-refractivity contribution in [2.45, 2.75) is 0 Å². The molecule has 0 radical (unpaired) electrons. The summed E-state index contributed by atoms with van der Waals surface area (Å²) in [7, 11) is 0. The van der Waals surface area contributed by atoms with E-state index in [2.05, 4.69) is 4.98 Å². The van der Waals surface area contributed by atoms with Crippen LogP contribution in [-0.2, 0) is 0 Å². The van der Waals surface area contributed by atoms with E-state index in [1.165, 1.54) is 0 Å². The van der Waals surface area contributed by atoms with E-state index in [4.69, 9.17) is 16.9 Å². The van der Waals surface area contributed by atoms with Gasteiger partial charge in [0.05, 0.1) is 11.3 Å². The van der Waals surface area contributed by atoms with Crippen LogP contribution in [0.5, 0.6) is 0 Å². The third-order valence-corrected chi connectivity index (χ3v) is 2.37. The normalized spacial score (nSPS) is 9.60. The third kappa shape index (κ3) is 1.98. The number of halogens is 1. The van der Waals surface area contributed by atoms with Gasteiger partial charge in [0.1, 0.15) is 6.07 Å². The van der Waals surface area contributed by atoms with Crippen LogP contribution in [0.15, 0.2) is 42.6 Å². The fourth-order valence-electron chi connectivity index (χ4n) is 1.29. The molecule has 3 heteroatoms. The lowest BCUT2D eigenvalue weighted by atomic mass is 10.1. The first-order chi connectivity index (χ1) is 7.31. The summed E-state index contributed by atoms with van der Waals surface area (Å²) in [4.78, 5) is 4.17. The number of benzene rings is 1. The summed E-state index contributed by atoms with van der Waals surface area (Å²) < 4.78 is 0. The van der Waals surface area contributed by atoms with Crippen LogP contribution in [0.3, 0.4) is 0 Å². The molecule has 2 aromatic rings. The van der Waals surface area contributed by atoms with E-state index in [0.717, 1.165) is 11.3 Å². The Hall–Kier alpha value is -1.85. The second kappa shape index (κ2) is 4.12. The van der Waals surface area contributed by atoms with Gasteiger partial charge in [-0.25, -0.2) is 0 Å². The molecular formula is C12H7ClN2. The maximum atomic E-state index is 8.64. The van der Waals surface area contributed by atoms with Crippen molar-refractivity contribution in [3.05, 3.63) is 53.2 Å². The molecule has 0 aliphatic heterocycles. The highest BCUT2D eigenvalue weighted by Gasteiger charge is 2.03. The molecular weight excluding hydrogens is 208 g/mol. The SMILES string of the molecule is N#Cc1ccc(-c2ccccc2Cl)nc1. The predicted octanol–water partition coefficient (Wildman–Crippen LogP) is 3.27. The van der Waals surface area contributed by atoms with Crippen LogP contribution in [0.2, 0.25) is 5.02 Å². The van der Waals surface area contributed by atoms with E-state index >= 15 is 0 Å². The van der Waals surface area contributed by atoms with Gasteiger partial charge in [-0.05, 0) is 18.2 Å². The first-order valence-electron chi connectivity index (χ1n) is 4.42. The number of hydrogen-bond acceptors (Lipinski definition) is 2. The number of aromatic nitrogens is 1. The Morgan fingerprint density at radius 3 is 2.53 bits per heavy atom. The van der Waals surface area contributed by atoms with Crippen LogP contribution in [0, 0.1) is 11.3 Å². The first-order valence-corrected chi connectivity index (χ1v) is 4.80. The van der Waals surface area contributed by atoms with Crippen LogP contribution in [0.25, 0.3) is 11.3 Å². The molecule has 2 rings (SSSR count). The zero-order chi connectivity index (χ0) is 10.7. The summed E-state index contributed by atoms with van der Waals surface area (Å²) in [6.45, 7) is 0. The molecule has 0 aliphatic carbocycles. The maximum Gasteiger partial charge on any atom is 0.101 e. The van der Waals surface area contributed by atoms with Gasteiger partial charge in [0.2, 0.25) is 0 Å². The van der Waals surface area contributed by atoms with Gasteiger partial charge in [-0.2, -0.15) is 5.26 Å². The van der Waals surface area contributed by atoms with Gasteiger partial charge in [0, 0.05) is 16.8 Å². The molecule has 2 nitrogen and oxygen atoms in total. The van der Waals surface area contributed by atoms with E-state index in [1.54, 1.807) is 18.3 Å². The van der Waals surface area contributed by atoms with Gasteiger partial charge in [-0.3, -0.25) is 4.98 Å². The highest BCUT2D eigenvalue weighted by molar-refractivity contribution is 6.33. The van der Waals surface area contributed by atoms with Crippen molar-refractivity contribution >= 4 is 11.6 Å². The minimum atomic E-state index is 0.547. The zero-order valence-electron chi connectivity index (χ0n) is 7.81. The van der Waals surface area contributed by atoms with E-state index in [9.17, 15) is 0 Å². The zero-order valence-corrected chi connectivity index (χ0v) is 8.57. The fourth-order valence-corrected chi connectivity index (χ4v) is 1.52. The predicted molar refractivity (Wildman–Crippen MR) is 59.4 cm³/mol. The standard InChI is InChI=1S/C12H7ClN2/c13-11-4-2-1-3-10(11)12-6-5-9(7-14)8-15-12/h1-6,8H. The summed E-state index contributed by atoms with van der Waals surface area (Å²) in [5, 5.41) is 9.30. The molecule has 0 N–H and O–H groups in total. The first kappa shape index (κ1) is 9.70. The molecule has 1 aromatic carbocycles. The van der Waals surface area contributed by atoms with Crippen molar-refractivity contribution in [2.75, 3.05) is 0 Å². The van der Waals surface area contributed by atoms with Crippen molar-refractivity contribution in [3.8, 4) is 17.3 Å². The second-order valence-corrected chi connectivity index (χ2v) is 3.43. The Bertz CT molecular complexity index is 512. The van der Waals surface area contributed by atoms with Gasteiger partial charge >= 0.3 is 0 Å². The maximum absolute atomic E-state index is 8.64. The van der Waals surface area contributed by atoms with Crippen LogP contribution in [0.4, 0.5) is 0 Å². The van der Waals surface area contributed by atoms with E-state index < -0.39 is 0 Å². The third-order valence-electron chi connectivity index (χ3n) is 2.04. The minimum absolute atomic E-state index is 0.547. The molecule has 1 aromatic heterocycles. The Morgan fingerprint density at radius 2 is 1.93 bits per heavy atom. The van der Waals surface area contributed by atoms with Crippen molar-refractivity contribution in [3.63, 3.8) is 0 Å². The Kier molecular flexibility index (Phi) is 2.66. The lowest BCUT2D eigenvalue weighted by molar-refractivity contribution is 1.30. The summed E-state index contributed by atoms with van der Waals surface area (Å²) >= 11 is 6.03. The van der Waals surface area contributed by atoms with Gasteiger partial charge in [0.15, 0.2) is 0 Å². The van der Waals surface area contributed by atoms with Crippen molar-refractivity contribution < 1.29 is 0 Å². The highest BCUT2D eigenvalue weighted by atomic mass is 35.5. The number of nitrogens with zero attached hydrogens (tertiary/aromatic N) is 2. The fraction of sp³-hybridized carbons (Fsp3) is 0. The van der Waals surface area contributed by atoms with Gasteiger partial charge in [-0.15, -0.1) is 0 Å². The average molecular weight is 215 g/mol. The Labute approximate surface area is 92.8 Å². The summed E-state index contributed by atoms with van der Waals surface area (Å²) in [6.07, 6.45) is 1.54. The van der Waals surface area contributed by atoms with Crippen LogP contribution in [-0.4, -0.2) is 4.98 Å². The molecule has 15 heavy (non-hydrogen) atoms. The molecule has 0 saturated carbocycles. The number of nitriles is 1. The molecule has 0 spiro atoms. The molecule has 0 atom stereocenters. The number of pyridine rings is 1. The molecule has 0 aliphatic rings. The van der Waals surface area contributed by atoms with Crippen molar-refractivity contribution in [1.29, 1.82) is 5.26 Å². The van der Waals surface area contributed by atoms with Crippen LogP contribution >= 0.6 is 11.6 Å². The lowest BCUT2D eigenvalue weighted by Crippen LogP contribution is -1.85. The van der Waals surface area contributed by atoms with Crippen LogP contribution < -0.4 is 0 Å². The second-order valence-electron chi connectivity index (χ2n) is 3.02. The topological polar surface area (TPSA) is 36.7 Å². The van der Waals surface area contributed by atoms with Gasteiger partial charge < -0.3 is 0 Å². The van der Waals surface area contributed by atoms with E-state index in [-0.39, 0.29) is 0 Å². The molecule has 72 valence electrons. The van der Waals surface area contributed by atoms with Crippen molar-refractivity contribution in [2.24, 2.45) is 0 Å². The van der Waals surface area contributed by atoms with E-state index in [1.807, 2.05) is 30.3 Å². The molecule has 0 unspecified atom stereocenters.